The number of aromatic hydroxyl groups is 1. The number of aromatic nitrogens is 4. The van der Waals surface area contributed by atoms with Crippen LogP contribution in [0.15, 0.2) is 30.6 Å². The van der Waals surface area contributed by atoms with Crippen LogP contribution in [-0.2, 0) is 7.05 Å². The van der Waals surface area contributed by atoms with E-state index < -0.39 is 0 Å². The van der Waals surface area contributed by atoms with E-state index in [0.717, 1.165) is 16.6 Å². The third-order valence-corrected chi connectivity index (χ3v) is 2.86. The Morgan fingerprint density at radius 3 is 3.00 bits per heavy atom. The van der Waals surface area contributed by atoms with Gasteiger partial charge in [0.1, 0.15) is 11.6 Å². The van der Waals surface area contributed by atoms with Crippen molar-refractivity contribution in [3.63, 3.8) is 0 Å². The highest BCUT2D eigenvalue weighted by atomic mass is 16.3. The molecule has 0 radical (unpaired) electrons. The van der Waals surface area contributed by atoms with Gasteiger partial charge in [-0.1, -0.05) is 0 Å². The first-order valence-corrected chi connectivity index (χ1v) is 5.56. The molecule has 1 unspecified atom stereocenters. The predicted molar refractivity (Wildman–Crippen MR) is 67.0 cm³/mol. The Balaban J connectivity index is 2.03. The van der Waals surface area contributed by atoms with Crippen molar-refractivity contribution >= 4 is 11.0 Å². The van der Waals surface area contributed by atoms with Crippen LogP contribution >= 0.6 is 0 Å². The molecule has 6 heteroatoms. The number of benzene rings is 1. The Morgan fingerprint density at radius 2 is 2.28 bits per heavy atom. The molecule has 4 N–H and O–H groups in total. The van der Waals surface area contributed by atoms with Crippen LogP contribution in [0.3, 0.4) is 0 Å². The molecule has 3 aromatic rings. The van der Waals surface area contributed by atoms with Gasteiger partial charge in [0.15, 0.2) is 0 Å². The quantitative estimate of drug-likeness (QED) is 0.627. The molecular formula is C12H13N5O. The minimum atomic E-state index is -0.353. The van der Waals surface area contributed by atoms with Gasteiger partial charge in [-0.3, -0.25) is 4.68 Å². The van der Waals surface area contributed by atoms with Crippen molar-refractivity contribution in [2.75, 3.05) is 0 Å². The molecule has 0 aliphatic rings. The Hall–Kier alpha value is -2.34. The molecule has 0 aliphatic carbocycles. The van der Waals surface area contributed by atoms with Gasteiger partial charge in [0, 0.05) is 24.9 Å². The normalized spacial score (nSPS) is 13.0. The average Bonchev–Trinajstić information content (AvgIpc) is 2.93. The Morgan fingerprint density at radius 1 is 1.44 bits per heavy atom. The van der Waals surface area contributed by atoms with Gasteiger partial charge in [0.05, 0.1) is 23.3 Å². The Kier molecular flexibility index (Phi) is 2.31. The summed E-state index contributed by atoms with van der Waals surface area (Å²) in [6, 6.07) is 4.62. The summed E-state index contributed by atoms with van der Waals surface area (Å²) in [4.78, 5) is 7.52. The molecule has 2 heterocycles. The maximum Gasteiger partial charge on any atom is 0.128 e. The second kappa shape index (κ2) is 3.85. The number of hydrogen-bond donors (Lipinski definition) is 3. The van der Waals surface area contributed by atoms with Crippen LogP contribution < -0.4 is 5.73 Å². The molecule has 6 nitrogen and oxygen atoms in total. The molecule has 1 atom stereocenters. The largest absolute Gasteiger partial charge is 0.508 e. The summed E-state index contributed by atoms with van der Waals surface area (Å²) in [6.07, 6.45) is 3.57. The lowest BCUT2D eigenvalue weighted by molar-refractivity contribution is 0.476. The summed E-state index contributed by atoms with van der Waals surface area (Å²) in [7, 11) is 1.84. The minimum Gasteiger partial charge on any atom is -0.508 e. The number of hydrogen-bond acceptors (Lipinski definition) is 4. The number of fused-ring (bicyclic) bond motifs is 1. The first-order valence-electron chi connectivity index (χ1n) is 5.56. The van der Waals surface area contributed by atoms with E-state index in [0.29, 0.717) is 5.82 Å². The molecule has 1 aromatic carbocycles. The number of phenols is 1. The van der Waals surface area contributed by atoms with Crippen LogP contribution in [0.25, 0.3) is 11.0 Å². The van der Waals surface area contributed by atoms with Crippen LogP contribution in [0.4, 0.5) is 0 Å². The summed E-state index contributed by atoms with van der Waals surface area (Å²) in [5.41, 5.74) is 8.56. The van der Waals surface area contributed by atoms with Crippen LogP contribution in [0.1, 0.15) is 17.4 Å². The second-order valence-corrected chi connectivity index (χ2v) is 4.25. The zero-order valence-corrected chi connectivity index (χ0v) is 9.83. The molecule has 0 aliphatic heterocycles. The SMILES string of the molecule is Cn1cc(C(N)c2nc3ccc(O)cc3[nH]2)cn1. The number of aryl methyl sites for hydroxylation is 1. The number of nitrogens with two attached hydrogens (primary N) is 1. The lowest BCUT2D eigenvalue weighted by atomic mass is 10.2. The number of imidazole rings is 1. The number of nitrogens with zero attached hydrogens (tertiary/aromatic N) is 3. The molecule has 3 rings (SSSR count). The zero-order valence-electron chi connectivity index (χ0n) is 9.83. The van der Waals surface area contributed by atoms with Crippen molar-refractivity contribution in [2.24, 2.45) is 12.8 Å². The highest BCUT2D eigenvalue weighted by Gasteiger charge is 2.15. The first kappa shape index (κ1) is 10.8. The summed E-state index contributed by atoms with van der Waals surface area (Å²) >= 11 is 0. The predicted octanol–water partition coefficient (Wildman–Crippen LogP) is 1.05. The first-order chi connectivity index (χ1) is 8.63. The number of rotatable bonds is 2. The van der Waals surface area contributed by atoms with Gasteiger partial charge in [-0.15, -0.1) is 0 Å². The number of aromatic amines is 1. The van der Waals surface area contributed by atoms with E-state index >= 15 is 0 Å². The molecule has 0 bridgehead atoms. The summed E-state index contributed by atoms with van der Waals surface area (Å²) in [5, 5.41) is 13.5. The van der Waals surface area contributed by atoms with E-state index in [1.807, 2.05) is 13.2 Å². The van der Waals surface area contributed by atoms with E-state index in [4.69, 9.17) is 5.73 Å². The summed E-state index contributed by atoms with van der Waals surface area (Å²) in [5.74, 6) is 0.858. The highest BCUT2D eigenvalue weighted by Crippen LogP contribution is 2.22. The standard InChI is InChI=1S/C12H13N5O/c1-17-6-7(5-14-17)11(13)12-15-9-3-2-8(18)4-10(9)16-12/h2-6,11,18H,13H2,1H3,(H,15,16). The van der Waals surface area contributed by atoms with Crippen molar-refractivity contribution in [1.29, 1.82) is 0 Å². The molecule has 0 fully saturated rings. The summed E-state index contributed by atoms with van der Waals surface area (Å²) in [6.45, 7) is 0. The van der Waals surface area contributed by atoms with Gasteiger partial charge >= 0.3 is 0 Å². The van der Waals surface area contributed by atoms with E-state index in [1.54, 1.807) is 29.1 Å². The van der Waals surface area contributed by atoms with Gasteiger partial charge in [0.2, 0.25) is 0 Å². The fourth-order valence-electron chi connectivity index (χ4n) is 1.92. The van der Waals surface area contributed by atoms with E-state index in [9.17, 15) is 5.11 Å². The van der Waals surface area contributed by atoms with Gasteiger partial charge in [0.25, 0.3) is 0 Å². The van der Waals surface area contributed by atoms with E-state index in [-0.39, 0.29) is 11.8 Å². The average molecular weight is 243 g/mol. The van der Waals surface area contributed by atoms with E-state index in [2.05, 4.69) is 15.1 Å². The molecule has 0 amide bonds. The Bertz CT molecular complexity index is 699. The van der Waals surface area contributed by atoms with Crippen molar-refractivity contribution in [2.45, 2.75) is 6.04 Å². The molecule has 18 heavy (non-hydrogen) atoms. The minimum absolute atomic E-state index is 0.202. The Labute approximate surface area is 103 Å². The number of phenolic OH excluding ortho intramolecular Hbond substituents is 1. The van der Waals surface area contributed by atoms with Gasteiger partial charge in [-0.05, 0) is 12.1 Å². The fraction of sp³-hybridized carbons (Fsp3) is 0.167. The van der Waals surface area contributed by atoms with Crippen molar-refractivity contribution in [3.05, 3.63) is 42.0 Å². The van der Waals surface area contributed by atoms with E-state index in [1.165, 1.54) is 0 Å². The molecule has 2 aromatic heterocycles. The van der Waals surface area contributed by atoms with Crippen molar-refractivity contribution < 1.29 is 5.11 Å². The monoisotopic (exact) mass is 243 g/mol. The summed E-state index contributed by atoms with van der Waals surface area (Å²) < 4.78 is 1.70. The second-order valence-electron chi connectivity index (χ2n) is 4.25. The molecule has 0 saturated heterocycles. The molecule has 0 spiro atoms. The molecule has 92 valence electrons. The molecule has 0 saturated carbocycles. The van der Waals surface area contributed by atoms with Crippen LogP contribution in [0.5, 0.6) is 5.75 Å². The third kappa shape index (κ3) is 1.72. The van der Waals surface area contributed by atoms with Crippen LogP contribution in [0, 0.1) is 0 Å². The van der Waals surface area contributed by atoms with Crippen LogP contribution in [0.2, 0.25) is 0 Å². The third-order valence-electron chi connectivity index (χ3n) is 2.86. The van der Waals surface area contributed by atoms with Crippen LogP contribution in [-0.4, -0.2) is 24.9 Å². The molecular weight excluding hydrogens is 230 g/mol. The number of nitrogens with one attached hydrogen (secondary N) is 1. The maximum atomic E-state index is 9.41. The van der Waals surface area contributed by atoms with Gasteiger partial charge < -0.3 is 15.8 Å². The van der Waals surface area contributed by atoms with Crippen molar-refractivity contribution in [1.82, 2.24) is 19.7 Å². The lowest BCUT2D eigenvalue weighted by Crippen LogP contribution is -2.12. The van der Waals surface area contributed by atoms with Crippen molar-refractivity contribution in [3.8, 4) is 5.75 Å². The maximum absolute atomic E-state index is 9.41. The zero-order chi connectivity index (χ0) is 12.7. The smallest absolute Gasteiger partial charge is 0.128 e. The fourth-order valence-corrected chi connectivity index (χ4v) is 1.92. The topological polar surface area (TPSA) is 92.8 Å². The van der Waals surface area contributed by atoms with Gasteiger partial charge in [-0.2, -0.15) is 5.10 Å². The highest BCUT2D eigenvalue weighted by molar-refractivity contribution is 5.76. The van der Waals surface area contributed by atoms with Gasteiger partial charge in [-0.25, -0.2) is 4.98 Å². The number of H-pyrrole nitrogens is 1. The lowest BCUT2D eigenvalue weighted by Gasteiger charge is -2.04.